The first-order valence-corrected chi connectivity index (χ1v) is 2.64. The molecule has 0 aromatic heterocycles. The van der Waals surface area contributed by atoms with Crippen molar-refractivity contribution in [1.82, 2.24) is 0 Å². The van der Waals surface area contributed by atoms with E-state index >= 15 is 0 Å². The third-order valence-electron chi connectivity index (χ3n) is 1.78. The summed E-state index contributed by atoms with van der Waals surface area (Å²) in [5, 5.41) is 0. The lowest BCUT2D eigenvalue weighted by atomic mass is 9.77. The van der Waals surface area contributed by atoms with Crippen LogP contribution in [0.2, 0.25) is 0 Å². The SMILES string of the molecule is CC1[CH]CC1C. The molecule has 0 bridgehead atoms. The molecule has 35 valence electrons. The van der Waals surface area contributed by atoms with Crippen molar-refractivity contribution in [3.8, 4) is 0 Å². The van der Waals surface area contributed by atoms with E-state index in [4.69, 9.17) is 0 Å². The van der Waals surface area contributed by atoms with Crippen molar-refractivity contribution in [2.75, 3.05) is 0 Å². The van der Waals surface area contributed by atoms with E-state index in [1.807, 2.05) is 0 Å². The minimum absolute atomic E-state index is 0.907. The lowest BCUT2D eigenvalue weighted by Crippen LogP contribution is -2.19. The summed E-state index contributed by atoms with van der Waals surface area (Å²) in [6, 6.07) is 0. The van der Waals surface area contributed by atoms with Gasteiger partial charge in [0, 0.05) is 0 Å². The van der Waals surface area contributed by atoms with E-state index < -0.39 is 0 Å². The second-order valence-electron chi connectivity index (χ2n) is 2.31. The zero-order valence-corrected chi connectivity index (χ0v) is 4.44. The summed E-state index contributed by atoms with van der Waals surface area (Å²) >= 11 is 0. The van der Waals surface area contributed by atoms with E-state index in [9.17, 15) is 0 Å². The molecule has 0 spiro atoms. The molecule has 2 atom stereocenters. The second-order valence-corrected chi connectivity index (χ2v) is 2.31. The maximum absolute atomic E-state index is 2.37. The Balaban J connectivity index is 2.20. The van der Waals surface area contributed by atoms with Gasteiger partial charge in [-0.15, -0.1) is 0 Å². The highest BCUT2D eigenvalue weighted by Gasteiger charge is 2.21. The zero-order valence-electron chi connectivity index (χ0n) is 4.44. The largest absolute Gasteiger partial charge is 0.0622 e. The van der Waals surface area contributed by atoms with Crippen LogP contribution in [-0.2, 0) is 0 Å². The molecule has 0 aliphatic heterocycles. The van der Waals surface area contributed by atoms with Gasteiger partial charge >= 0.3 is 0 Å². The van der Waals surface area contributed by atoms with E-state index in [0.717, 1.165) is 11.8 Å². The van der Waals surface area contributed by atoms with Crippen LogP contribution in [0.3, 0.4) is 0 Å². The molecule has 0 N–H and O–H groups in total. The topological polar surface area (TPSA) is 0 Å². The summed E-state index contributed by atoms with van der Waals surface area (Å²) in [5.74, 6) is 1.88. The van der Waals surface area contributed by atoms with Crippen molar-refractivity contribution in [2.24, 2.45) is 11.8 Å². The monoisotopic (exact) mass is 83.1 g/mol. The molecular formula is C6H11. The molecule has 1 rings (SSSR count). The third-order valence-corrected chi connectivity index (χ3v) is 1.78. The van der Waals surface area contributed by atoms with Gasteiger partial charge in [-0.2, -0.15) is 0 Å². The minimum Gasteiger partial charge on any atom is -0.0622 e. The Morgan fingerprint density at radius 2 is 2.00 bits per heavy atom. The fraction of sp³-hybridized carbons (Fsp3) is 0.833. The normalized spacial score (nSPS) is 45.0. The molecule has 1 radical (unpaired) electrons. The van der Waals surface area contributed by atoms with Crippen LogP contribution < -0.4 is 0 Å². The molecule has 1 aliphatic carbocycles. The molecule has 0 amide bonds. The Labute approximate surface area is 39.6 Å². The van der Waals surface area contributed by atoms with E-state index in [0.29, 0.717) is 0 Å². The number of rotatable bonds is 0. The molecule has 2 unspecified atom stereocenters. The molecule has 1 aliphatic rings. The van der Waals surface area contributed by atoms with Crippen LogP contribution in [0, 0.1) is 18.3 Å². The quantitative estimate of drug-likeness (QED) is 0.419. The van der Waals surface area contributed by atoms with Crippen LogP contribution in [0.25, 0.3) is 0 Å². The van der Waals surface area contributed by atoms with Gasteiger partial charge in [0.1, 0.15) is 0 Å². The standard InChI is InChI=1S/C6H11/c1-5-3-4-6(5)2/h3,5-6H,4H2,1-2H3. The summed E-state index contributed by atoms with van der Waals surface area (Å²) in [4.78, 5) is 0. The van der Waals surface area contributed by atoms with E-state index in [-0.39, 0.29) is 0 Å². The summed E-state index contributed by atoms with van der Waals surface area (Å²) in [6.07, 6.45) is 3.71. The molecular weight excluding hydrogens is 72.1 g/mol. The number of hydrogen-bond donors (Lipinski definition) is 0. The van der Waals surface area contributed by atoms with Gasteiger partial charge in [-0.25, -0.2) is 0 Å². The first kappa shape index (κ1) is 4.17. The summed E-state index contributed by atoms with van der Waals surface area (Å²) in [5.41, 5.74) is 0. The van der Waals surface area contributed by atoms with Gasteiger partial charge in [0.05, 0.1) is 0 Å². The zero-order chi connectivity index (χ0) is 4.57. The van der Waals surface area contributed by atoms with Gasteiger partial charge < -0.3 is 0 Å². The molecule has 1 saturated carbocycles. The second kappa shape index (κ2) is 1.25. The van der Waals surface area contributed by atoms with Gasteiger partial charge in [0.15, 0.2) is 0 Å². The minimum atomic E-state index is 0.907. The summed E-state index contributed by atoms with van der Waals surface area (Å²) in [7, 11) is 0. The van der Waals surface area contributed by atoms with Crippen LogP contribution >= 0.6 is 0 Å². The molecule has 0 aromatic carbocycles. The van der Waals surface area contributed by atoms with Crippen molar-refractivity contribution in [3.05, 3.63) is 6.42 Å². The lowest BCUT2D eigenvalue weighted by molar-refractivity contribution is 0.317. The maximum Gasteiger partial charge on any atom is -0.0352 e. The molecule has 6 heavy (non-hydrogen) atoms. The predicted octanol–water partition coefficient (Wildman–Crippen LogP) is 1.87. The Kier molecular flexibility index (Phi) is 0.868. The van der Waals surface area contributed by atoms with E-state index in [2.05, 4.69) is 20.3 Å². The molecule has 1 fully saturated rings. The highest BCUT2D eigenvalue weighted by atomic mass is 14.3. The van der Waals surface area contributed by atoms with Crippen LogP contribution in [0.4, 0.5) is 0 Å². The van der Waals surface area contributed by atoms with Gasteiger partial charge in [-0.1, -0.05) is 13.8 Å². The Morgan fingerprint density at radius 3 is 2.00 bits per heavy atom. The Bertz CT molecular complexity index is 40.0. The fourth-order valence-corrected chi connectivity index (χ4v) is 0.680. The molecule has 0 nitrogen and oxygen atoms in total. The smallest absolute Gasteiger partial charge is 0.0352 e. The molecule has 0 saturated heterocycles. The number of hydrogen-bond acceptors (Lipinski definition) is 0. The molecule has 0 heterocycles. The average Bonchev–Trinajstić information content (AvgIpc) is 1.61. The van der Waals surface area contributed by atoms with Crippen LogP contribution in [0.1, 0.15) is 20.3 Å². The van der Waals surface area contributed by atoms with Crippen molar-refractivity contribution in [1.29, 1.82) is 0 Å². The average molecular weight is 83.2 g/mol. The van der Waals surface area contributed by atoms with Crippen molar-refractivity contribution in [2.45, 2.75) is 20.3 Å². The third kappa shape index (κ3) is 0.444. The summed E-state index contributed by atoms with van der Waals surface area (Å²) in [6.45, 7) is 4.57. The van der Waals surface area contributed by atoms with E-state index in [1.54, 1.807) is 0 Å². The van der Waals surface area contributed by atoms with Gasteiger partial charge in [-0.05, 0) is 24.7 Å². The van der Waals surface area contributed by atoms with Crippen LogP contribution in [0.15, 0.2) is 0 Å². The highest BCUT2D eigenvalue weighted by molar-refractivity contribution is 4.89. The Hall–Kier alpha value is 0. The van der Waals surface area contributed by atoms with Gasteiger partial charge in [-0.3, -0.25) is 0 Å². The lowest BCUT2D eigenvalue weighted by Gasteiger charge is -2.29. The van der Waals surface area contributed by atoms with Crippen molar-refractivity contribution < 1.29 is 0 Å². The maximum atomic E-state index is 2.37. The van der Waals surface area contributed by atoms with Crippen LogP contribution in [0.5, 0.6) is 0 Å². The van der Waals surface area contributed by atoms with Crippen molar-refractivity contribution >= 4 is 0 Å². The van der Waals surface area contributed by atoms with Crippen molar-refractivity contribution in [3.63, 3.8) is 0 Å². The highest BCUT2D eigenvalue weighted by Crippen LogP contribution is 2.31. The molecule has 0 aromatic rings. The Morgan fingerprint density at radius 1 is 1.50 bits per heavy atom. The van der Waals surface area contributed by atoms with Gasteiger partial charge in [0.25, 0.3) is 0 Å². The van der Waals surface area contributed by atoms with Crippen LogP contribution in [-0.4, -0.2) is 0 Å². The van der Waals surface area contributed by atoms with E-state index in [1.165, 1.54) is 6.42 Å². The summed E-state index contributed by atoms with van der Waals surface area (Å²) < 4.78 is 0. The molecule has 0 heteroatoms. The first-order valence-electron chi connectivity index (χ1n) is 2.64. The van der Waals surface area contributed by atoms with Gasteiger partial charge in [0.2, 0.25) is 0 Å². The predicted molar refractivity (Wildman–Crippen MR) is 27.2 cm³/mol. The first-order chi connectivity index (χ1) is 2.80. The fourth-order valence-electron chi connectivity index (χ4n) is 0.680.